The molecule has 1 fully saturated rings. The third-order valence-corrected chi connectivity index (χ3v) is 3.25. The molecule has 0 amide bonds. The first-order valence-corrected chi connectivity index (χ1v) is 5.14. The van der Waals surface area contributed by atoms with Gasteiger partial charge in [0.15, 0.2) is 0 Å². The third kappa shape index (κ3) is 1.66. The maximum atomic E-state index is 9.74. The van der Waals surface area contributed by atoms with Crippen LogP contribution in [0.15, 0.2) is 0 Å². The van der Waals surface area contributed by atoms with Gasteiger partial charge in [0.2, 0.25) is 5.13 Å². The number of hydrogen-bond donors (Lipinski definition) is 2. The first-order chi connectivity index (χ1) is 6.08. The molecule has 1 aliphatic rings. The van der Waals surface area contributed by atoms with E-state index in [1.165, 1.54) is 11.5 Å². The molecule has 0 radical (unpaired) electrons. The van der Waals surface area contributed by atoms with E-state index in [9.17, 15) is 5.11 Å². The van der Waals surface area contributed by atoms with Gasteiger partial charge in [0.25, 0.3) is 0 Å². The highest BCUT2D eigenvalue weighted by Crippen LogP contribution is 2.34. The molecular weight excluding hydrogens is 186 g/mol. The molecule has 13 heavy (non-hydrogen) atoms. The van der Waals surface area contributed by atoms with E-state index in [2.05, 4.69) is 14.7 Å². The van der Waals surface area contributed by atoms with Gasteiger partial charge < -0.3 is 10.4 Å². The number of aromatic nitrogens is 2. The van der Waals surface area contributed by atoms with E-state index < -0.39 is 5.60 Å². The Morgan fingerprint density at radius 2 is 2.46 bits per heavy atom. The van der Waals surface area contributed by atoms with Gasteiger partial charge in [-0.2, -0.15) is 4.37 Å². The SMILES string of the molecule is Cc1nsc(N[C@@H]2CC[C@@]2(C)O)n1. The fraction of sp³-hybridized carbons (Fsp3) is 0.750. The lowest BCUT2D eigenvalue weighted by Crippen LogP contribution is -2.53. The molecule has 2 atom stereocenters. The molecule has 0 aliphatic heterocycles. The Morgan fingerprint density at radius 1 is 1.69 bits per heavy atom. The van der Waals surface area contributed by atoms with Crippen LogP contribution >= 0.6 is 11.5 Å². The number of aryl methyl sites for hydroxylation is 1. The Hall–Kier alpha value is -0.680. The minimum Gasteiger partial charge on any atom is -0.388 e. The molecule has 0 spiro atoms. The lowest BCUT2D eigenvalue weighted by molar-refractivity contribution is -0.0286. The Bertz CT molecular complexity index is 310. The number of nitrogens with zero attached hydrogens (tertiary/aromatic N) is 2. The standard InChI is InChI=1S/C8H13N3OS/c1-5-9-7(13-11-5)10-6-3-4-8(6,2)12/h6,12H,3-4H2,1-2H3,(H,9,10,11)/t6-,8-/m1/s1. The van der Waals surface area contributed by atoms with Crippen LogP contribution in [0.1, 0.15) is 25.6 Å². The van der Waals surface area contributed by atoms with E-state index >= 15 is 0 Å². The van der Waals surface area contributed by atoms with Crippen LogP contribution in [0.25, 0.3) is 0 Å². The smallest absolute Gasteiger partial charge is 0.202 e. The van der Waals surface area contributed by atoms with Crippen LogP contribution in [0.2, 0.25) is 0 Å². The number of nitrogens with one attached hydrogen (secondary N) is 1. The second kappa shape index (κ2) is 2.92. The van der Waals surface area contributed by atoms with E-state index in [0.29, 0.717) is 0 Å². The summed E-state index contributed by atoms with van der Waals surface area (Å²) in [5.41, 5.74) is -0.570. The monoisotopic (exact) mass is 199 g/mol. The summed E-state index contributed by atoms with van der Waals surface area (Å²) >= 11 is 1.34. The highest BCUT2D eigenvalue weighted by molar-refractivity contribution is 7.09. The maximum Gasteiger partial charge on any atom is 0.202 e. The molecule has 0 saturated heterocycles. The van der Waals surface area contributed by atoms with Gasteiger partial charge in [0.1, 0.15) is 5.82 Å². The molecule has 5 heteroatoms. The molecule has 1 aliphatic carbocycles. The predicted molar refractivity (Wildman–Crippen MR) is 51.9 cm³/mol. The lowest BCUT2D eigenvalue weighted by atomic mass is 9.76. The summed E-state index contributed by atoms with van der Waals surface area (Å²) in [5.74, 6) is 0.784. The van der Waals surface area contributed by atoms with Gasteiger partial charge in [0.05, 0.1) is 11.6 Å². The van der Waals surface area contributed by atoms with E-state index in [1.807, 2.05) is 13.8 Å². The predicted octanol–water partition coefficient (Wildman–Crippen LogP) is 1.17. The van der Waals surface area contributed by atoms with Gasteiger partial charge in [0, 0.05) is 11.5 Å². The van der Waals surface area contributed by atoms with Crippen molar-refractivity contribution in [3.63, 3.8) is 0 Å². The summed E-state index contributed by atoms with van der Waals surface area (Å²) in [4.78, 5) is 4.18. The summed E-state index contributed by atoms with van der Waals surface area (Å²) in [6.45, 7) is 3.71. The van der Waals surface area contributed by atoms with E-state index in [0.717, 1.165) is 23.8 Å². The molecule has 2 rings (SSSR count). The molecule has 1 saturated carbocycles. The molecule has 4 nitrogen and oxygen atoms in total. The summed E-state index contributed by atoms with van der Waals surface area (Å²) < 4.78 is 4.06. The summed E-state index contributed by atoms with van der Waals surface area (Å²) in [6, 6.07) is 0.139. The van der Waals surface area contributed by atoms with Gasteiger partial charge in [-0.05, 0) is 26.7 Å². The Morgan fingerprint density at radius 3 is 2.85 bits per heavy atom. The van der Waals surface area contributed by atoms with E-state index in [1.54, 1.807) is 0 Å². The molecule has 0 aromatic carbocycles. The van der Waals surface area contributed by atoms with E-state index in [-0.39, 0.29) is 6.04 Å². The van der Waals surface area contributed by atoms with Crippen molar-refractivity contribution in [3.05, 3.63) is 5.82 Å². The van der Waals surface area contributed by atoms with Gasteiger partial charge in [-0.25, -0.2) is 4.98 Å². The van der Waals surface area contributed by atoms with Crippen LogP contribution in [0.5, 0.6) is 0 Å². The van der Waals surface area contributed by atoms with Crippen LogP contribution in [0, 0.1) is 6.92 Å². The second-order valence-electron chi connectivity index (χ2n) is 3.74. The Kier molecular flexibility index (Phi) is 2.00. The number of hydrogen-bond acceptors (Lipinski definition) is 5. The highest BCUT2D eigenvalue weighted by atomic mass is 32.1. The molecule has 1 heterocycles. The van der Waals surface area contributed by atoms with Crippen molar-refractivity contribution in [1.82, 2.24) is 9.36 Å². The van der Waals surface area contributed by atoms with Crippen LogP contribution < -0.4 is 5.32 Å². The van der Waals surface area contributed by atoms with Crippen molar-refractivity contribution < 1.29 is 5.11 Å². The van der Waals surface area contributed by atoms with Gasteiger partial charge in [-0.3, -0.25) is 0 Å². The molecule has 1 aromatic heterocycles. The fourth-order valence-electron chi connectivity index (χ4n) is 1.44. The normalized spacial score (nSPS) is 32.7. The summed E-state index contributed by atoms with van der Waals surface area (Å²) in [7, 11) is 0. The minimum absolute atomic E-state index is 0.139. The first kappa shape index (κ1) is 8.90. The topological polar surface area (TPSA) is 58.0 Å². The fourth-order valence-corrected chi connectivity index (χ4v) is 2.07. The van der Waals surface area contributed by atoms with Crippen molar-refractivity contribution >= 4 is 16.7 Å². The van der Waals surface area contributed by atoms with Crippen LogP contribution in [0.4, 0.5) is 5.13 Å². The molecule has 0 unspecified atom stereocenters. The zero-order chi connectivity index (χ0) is 9.47. The highest BCUT2D eigenvalue weighted by Gasteiger charge is 2.41. The van der Waals surface area contributed by atoms with Crippen LogP contribution in [-0.4, -0.2) is 26.1 Å². The number of rotatable bonds is 2. The zero-order valence-electron chi connectivity index (χ0n) is 7.74. The van der Waals surface area contributed by atoms with Crippen molar-refractivity contribution in [2.75, 3.05) is 5.32 Å². The largest absolute Gasteiger partial charge is 0.388 e. The zero-order valence-corrected chi connectivity index (χ0v) is 8.56. The summed E-state index contributed by atoms with van der Waals surface area (Å²) in [5, 5.41) is 13.7. The molecule has 1 aromatic rings. The maximum absolute atomic E-state index is 9.74. The van der Waals surface area contributed by atoms with Crippen LogP contribution in [0.3, 0.4) is 0 Å². The van der Waals surface area contributed by atoms with Crippen molar-refractivity contribution in [2.24, 2.45) is 0 Å². The lowest BCUT2D eigenvalue weighted by Gasteiger charge is -2.42. The third-order valence-electron chi connectivity index (χ3n) is 2.52. The molecule has 0 bridgehead atoms. The quantitative estimate of drug-likeness (QED) is 0.750. The van der Waals surface area contributed by atoms with Gasteiger partial charge in [-0.15, -0.1) is 0 Å². The molecule has 2 N–H and O–H groups in total. The number of aliphatic hydroxyl groups is 1. The minimum atomic E-state index is -0.570. The average Bonchev–Trinajstić information content (AvgIpc) is 2.46. The molecular formula is C8H13N3OS. The van der Waals surface area contributed by atoms with Crippen molar-refractivity contribution in [2.45, 2.75) is 38.3 Å². The average molecular weight is 199 g/mol. The van der Waals surface area contributed by atoms with Crippen molar-refractivity contribution in [1.29, 1.82) is 0 Å². The second-order valence-corrected chi connectivity index (χ2v) is 4.49. The van der Waals surface area contributed by atoms with Crippen LogP contribution in [-0.2, 0) is 0 Å². The number of anilines is 1. The van der Waals surface area contributed by atoms with Gasteiger partial charge >= 0.3 is 0 Å². The van der Waals surface area contributed by atoms with Crippen molar-refractivity contribution in [3.8, 4) is 0 Å². The first-order valence-electron chi connectivity index (χ1n) is 4.37. The Balaban J connectivity index is 1.99. The van der Waals surface area contributed by atoms with E-state index in [4.69, 9.17) is 0 Å². The van der Waals surface area contributed by atoms with Gasteiger partial charge in [-0.1, -0.05) is 0 Å². The molecule has 72 valence electrons. The Labute approximate surface area is 81.2 Å². The summed E-state index contributed by atoms with van der Waals surface area (Å²) in [6.07, 6.45) is 1.87.